The molecule has 0 aromatic heterocycles. The molecule has 0 saturated carbocycles. The maximum absolute atomic E-state index is 12.1. The van der Waals surface area contributed by atoms with Crippen LogP contribution in [0.1, 0.15) is 17.5 Å². The zero-order chi connectivity index (χ0) is 14.5. The third kappa shape index (κ3) is 4.91. The van der Waals surface area contributed by atoms with Gasteiger partial charge in [-0.15, -0.1) is 0 Å². The van der Waals surface area contributed by atoms with E-state index in [1.165, 1.54) is 0 Å². The molecule has 0 aliphatic rings. The van der Waals surface area contributed by atoms with E-state index in [1.54, 1.807) is 19.1 Å². The Morgan fingerprint density at radius 3 is 2.53 bits per heavy atom. The van der Waals surface area contributed by atoms with E-state index in [2.05, 4.69) is 4.72 Å². The fourth-order valence-electron chi connectivity index (χ4n) is 1.82. The van der Waals surface area contributed by atoms with Crippen molar-refractivity contribution < 1.29 is 8.42 Å². The van der Waals surface area contributed by atoms with Crippen molar-refractivity contribution in [2.75, 3.05) is 27.2 Å². The van der Waals surface area contributed by atoms with Gasteiger partial charge >= 0.3 is 0 Å². The average Bonchev–Trinajstić information content (AvgIpc) is 2.34. The van der Waals surface area contributed by atoms with Crippen molar-refractivity contribution in [2.24, 2.45) is 5.73 Å². The molecule has 0 heterocycles. The summed E-state index contributed by atoms with van der Waals surface area (Å²) in [6.07, 6.45) is 0.784. The van der Waals surface area contributed by atoms with Crippen LogP contribution in [0.3, 0.4) is 0 Å². The highest BCUT2D eigenvalue weighted by atomic mass is 32.2. The molecule has 0 fully saturated rings. The van der Waals surface area contributed by atoms with Crippen LogP contribution in [0.2, 0.25) is 0 Å². The summed E-state index contributed by atoms with van der Waals surface area (Å²) >= 11 is 0. The zero-order valence-electron chi connectivity index (χ0n) is 11.8. The summed E-state index contributed by atoms with van der Waals surface area (Å²) < 4.78 is 26.9. The first-order valence-electron chi connectivity index (χ1n) is 6.31. The Morgan fingerprint density at radius 2 is 2.00 bits per heavy atom. The molecule has 1 aromatic carbocycles. The summed E-state index contributed by atoms with van der Waals surface area (Å²) in [7, 11) is 0.502. The van der Waals surface area contributed by atoms with Gasteiger partial charge in [-0.3, -0.25) is 0 Å². The van der Waals surface area contributed by atoms with Gasteiger partial charge in [0, 0.05) is 13.1 Å². The topological polar surface area (TPSA) is 75.4 Å². The van der Waals surface area contributed by atoms with Crippen molar-refractivity contribution in [3.8, 4) is 0 Å². The Bertz CT molecular complexity index is 513. The van der Waals surface area contributed by atoms with E-state index in [0.29, 0.717) is 18.0 Å². The number of benzene rings is 1. The molecule has 5 nitrogen and oxygen atoms in total. The van der Waals surface area contributed by atoms with Crippen LogP contribution in [-0.2, 0) is 16.6 Å². The second-order valence-corrected chi connectivity index (χ2v) is 6.59. The third-order valence-corrected chi connectivity index (χ3v) is 4.46. The van der Waals surface area contributed by atoms with E-state index < -0.39 is 10.0 Å². The predicted molar refractivity (Wildman–Crippen MR) is 77.4 cm³/mol. The lowest BCUT2D eigenvalue weighted by atomic mass is 10.1. The summed E-state index contributed by atoms with van der Waals surface area (Å²) in [6, 6.07) is 5.18. The molecular weight excluding hydrogens is 262 g/mol. The highest BCUT2D eigenvalue weighted by molar-refractivity contribution is 7.89. The summed E-state index contributed by atoms with van der Waals surface area (Å²) in [6.45, 7) is 3.50. The van der Waals surface area contributed by atoms with Gasteiger partial charge in [0.05, 0.1) is 4.90 Å². The quantitative estimate of drug-likeness (QED) is 0.723. The van der Waals surface area contributed by atoms with Crippen molar-refractivity contribution in [1.29, 1.82) is 0 Å². The van der Waals surface area contributed by atoms with Crippen LogP contribution < -0.4 is 10.5 Å². The first-order chi connectivity index (χ1) is 8.86. The van der Waals surface area contributed by atoms with Gasteiger partial charge in [0.25, 0.3) is 0 Å². The minimum Gasteiger partial charge on any atom is -0.326 e. The monoisotopic (exact) mass is 285 g/mol. The molecule has 0 spiro atoms. The molecule has 0 amide bonds. The Hall–Kier alpha value is -0.950. The summed E-state index contributed by atoms with van der Waals surface area (Å²) in [5.74, 6) is 0. The zero-order valence-corrected chi connectivity index (χ0v) is 12.6. The van der Waals surface area contributed by atoms with Crippen LogP contribution in [-0.4, -0.2) is 40.5 Å². The van der Waals surface area contributed by atoms with Crippen LogP contribution in [0.4, 0.5) is 0 Å². The molecule has 0 saturated heterocycles. The van der Waals surface area contributed by atoms with Crippen molar-refractivity contribution >= 4 is 10.0 Å². The molecular formula is C13H23N3O2S. The molecule has 0 unspecified atom stereocenters. The first kappa shape index (κ1) is 16.1. The Balaban J connectivity index is 2.72. The molecule has 1 aromatic rings. The second kappa shape index (κ2) is 7.00. The highest BCUT2D eigenvalue weighted by Crippen LogP contribution is 2.16. The highest BCUT2D eigenvalue weighted by Gasteiger charge is 2.16. The largest absolute Gasteiger partial charge is 0.326 e. The second-order valence-electron chi connectivity index (χ2n) is 4.86. The summed E-state index contributed by atoms with van der Waals surface area (Å²) in [4.78, 5) is 2.35. The summed E-state index contributed by atoms with van der Waals surface area (Å²) in [5, 5.41) is 0. The van der Waals surface area contributed by atoms with Crippen molar-refractivity contribution in [3.63, 3.8) is 0 Å². The number of sulfonamides is 1. The minimum absolute atomic E-state index is 0.328. The lowest BCUT2D eigenvalue weighted by Gasteiger charge is -2.12. The maximum atomic E-state index is 12.1. The standard InChI is InChI=1S/C13H23N3O2S/c1-11-9-12(10-14)5-6-13(11)19(17,18)15-7-4-8-16(2)3/h5-6,9,15H,4,7-8,10,14H2,1-3H3. The Labute approximate surface area is 115 Å². The summed E-state index contributed by atoms with van der Waals surface area (Å²) in [5.41, 5.74) is 7.19. The van der Waals surface area contributed by atoms with Gasteiger partial charge in [-0.2, -0.15) is 0 Å². The van der Waals surface area contributed by atoms with Gasteiger partial charge in [-0.05, 0) is 51.2 Å². The maximum Gasteiger partial charge on any atom is 0.240 e. The molecule has 108 valence electrons. The fraction of sp³-hybridized carbons (Fsp3) is 0.538. The fourth-order valence-corrected chi connectivity index (χ4v) is 3.12. The van der Waals surface area contributed by atoms with Crippen LogP contribution in [0.5, 0.6) is 0 Å². The normalized spacial score (nSPS) is 12.1. The van der Waals surface area contributed by atoms with Gasteiger partial charge in [0.1, 0.15) is 0 Å². The predicted octanol–water partition coefficient (Wildman–Crippen LogP) is 0.684. The minimum atomic E-state index is -3.42. The van der Waals surface area contributed by atoms with E-state index in [-0.39, 0.29) is 0 Å². The van der Waals surface area contributed by atoms with E-state index in [9.17, 15) is 8.42 Å². The molecule has 0 aliphatic heterocycles. The van der Waals surface area contributed by atoms with Crippen LogP contribution in [0.25, 0.3) is 0 Å². The number of hydrogen-bond donors (Lipinski definition) is 2. The number of nitrogens with two attached hydrogens (primary N) is 1. The number of aryl methyl sites for hydroxylation is 1. The van der Waals surface area contributed by atoms with Crippen LogP contribution in [0.15, 0.2) is 23.1 Å². The molecule has 3 N–H and O–H groups in total. The van der Waals surface area contributed by atoms with E-state index in [1.807, 2.05) is 25.1 Å². The van der Waals surface area contributed by atoms with Gasteiger partial charge in [0.2, 0.25) is 10.0 Å². The lowest BCUT2D eigenvalue weighted by Crippen LogP contribution is -2.27. The average molecular weight is 285 g/mol. The number of nitrogens with zero attached hydrogens (tertiary/aromatic N) is 1. The van der Waals surface area contributed by atoms with E-state index in [4.69, 9.17) is 5.73 Å². The number of hydrogen-bond acceptors (Lipinski definition) is 4. The molecule has 0 bridgehead atoms. The Kier molecular flexibility index (Phi) is 5.93. The molecule has 19 heavy (non-hydrogen) atoms. The SMILES string of the molecule is Cc1cc(CN)ccc1S(=O)(=O)NCCCN(C)C. The molecule has 0 aliphatic carbocycles. The van der Waals surface area contributed by atoms with Gasteiger partial charge in [-0.25, -0.2) is 13.1 Å². The number of nitrogens with one attached hydrogen (secondary N) is 1. The van der Waals surface area contributed by atoms with Gasteiger partial charge in [0.15, 0.2) is 0 Å². The van der Waals surface area contributed by atoms with Crippen LogP contribution >= 0.6 is 0 Å². The van der Waals surface area contributed by atoms with Crippen molar-refractivity contribution in [3.05, 3.63) is 29.3 Å². The smallest absolute Gasteiger partial charge is 0.240 e. The first-order valence-corrected chi connectivity index (χ1v) is 7.79. The van der Waals surface area contributed by atoms with Crippen molar-refractivity contribution in [2.45, 2.75) is 24.8 Å². The molecule has 0 atom stereocenters. The molecule has 1 rings (SSSR count). The molecule has 0 radical (unpaired) electrons. The van der Waals surface area contributed by atoms with Gasteiger partial charge in [-0.1, -0.05) is 12.1 Å². The van der Waals surface area contributed by atoms with Gasteiger partial charge < -0.3 is 10.6 Å². The number of rotatable bonds is 7. The third-order valence-electron chi connectivity index (χ3n) is 2.84. The van der Waals surface area contributed by atoms with Crippen LogP contribution in [0, 0.1) is 6.92 Å². The van der Waals surface area contributed by atoms with Crippen molar-refractivity contribution in [1.82, 2.24) is 9.62 Å². The molecule has 6 heteroatoms. The lowest BCUT2D eigenvalue weighted by molar-refractivity contribution is 0.400. The van der Waals surface area contributed by atoms with E-state index >= 15 is 0 Å². The Morgan fingerprint density at radius 1 is 1.32 bits per heavy atom. The van der Waals surface area contributed by atoms with E-state index in [0.717, 1.165) is 24.1 Å².